The molecule has 0 aliphatic rings. The van der Waals surface area contributed by atoms with Crippen LogP contribution < -0.4 is 18.9 Å². The second-order valence-electron chi connectivity index (χ2n) is 4.19. The molecule has 0 N–H and O–H groups in total. The van der Waals surface area contributed by atoms with E-state index in [0.717, 1.165) is 12.8 Å². The standard InChI is InChI=1S/C12H26O2S.Li/c1-2-3-4-5-6-7-8-9-10-11-12-15(13)14;/h2-12H2,1H3,(H,13,14);/q;+1/p-1. The van der Waals surface area contributed by atoms with E-state index in [2.05, 4.69) is 6.92 Å². The van der Waals surface area contributed by atoms with E-state index in [1.165, 1.54) is 51.4 Å². The zero-order valence-corrected chi connectivity index (χ0v) is 11.8. The molecule has 2 nitrogen and oxygen atoms in total. The molecule has 0 saturated carbocycles. The Kier molecular flexibility index (Phi) is 18.7. The number of rotatable bonds is 11. The minimum Gasteiger partial charge on any atom is -0.772 e. The summed E-state index contributed by atoms with van der Waals surface area (Å²) in [6, 6.07) is 0. The monoisotopic (exact) mass is 240 g/mol. The molecule has 1 atom stereocenters. The summed E-state index contributed by atoms with van der Waals surface area (Å²) in [4.78, 5) is 0. The molecule has 1 unspecified atom stereocenters. The minimum atomic E-state index is -1.83. The molecule has 0 fully saturated rings. The molecule has 16 heavy (non-hydrogen) atoms. The third-order valence-electron chi connectivity index (χ3n) is 2.66. The van der Waals surface area contributed by atoms with Crippen LogP contribution in [-0.4, -0.2) is 14.5 Å². The first kappa shape index (κ1) is 19.1. The van der Waals surface area contributed by atoms with Crippen LogP contribution in [0.5, 0.6) is 0 Å². The van der Waals surface area contributed by atoms with Crippen molar-refractivity contribution in [3.63, 3.8) is 0 Å². The third-order valence-corrected chi connectivity index (χ3v) is 3.29. The average molecular weight is 240 g/mol. The maximum Gasteiger partial charge on any atom is 1.00 e. The summed E-state index contributed by atoms with van der Waals surface area (Å²) in [6.45, 7) is 2.24. The van der Waals surface area contributed by atoms with Crippen LogP contribution >= 0.6 is 0 Å². The van der Waals surface area contributed by atoms with Crippen molar-refractivity contribution in [3.05, 3.63) is 0 Å². The summed E-state index contributed by atoms with van der Waals surface area (Å²) < 4.78 is 20.5. The van der Waals surface area contributed by atoms with Crippen molar-refractivity contribution in [2.45, 2.75) is 71.1 Å². The first-order valence-electron chi connectivity index (χ1n) is 6.33. The molecule has 92 valence electrons. The van der Waals surface area contributed by atoms with Gasteiger partial charge >= 0.3 is 18.9 Å². The van der Waals surface area contributed by atoms with E-state index in [9.17, 15) is 8.76 Å². The summed E-state index contributed by atoms with van der Waals surface area (Å²) >= 11 is -1.83. The molecule has 0 bridgehead atoms. The van der Waals surface area contributed by atoms with Gasteiger partial charge in [0.25, 0.3) is 0 Å². The first-order valence-corrected chi connectivity index (χ1v) is 7.57. The normalized spacial score (nSPS) is 12.1. The van der Waals surface area contributed by atoms with Gasteiger partial charge in [0, 0.05) is 5.75 Å². The quantitative estimate of drug-likeness (QED) is 0.304. The molecular formula is C12H25LiO2S. The molecule has 0 heterocycles. The Morgan fingerprint density at radius 2 is 1.19 bits per heavy atom. The maximum absolute atomic E-state index is 10.2. The van der Waals surface area contributed by atoms with Gasteiger partial charge in [-0.1, -0.05) is 75.8 Å². The SMILES string of the molecule is CCCCCCCCCCCCS(=O)[O-].[Li+]. The Morgan fingerprint density at radius 3 is 1.56 bits per heavy atom. The van der Waals surface area contributed by atoms with Crippen molar-refractivity contribution < 1.29 is 27.6 Å². The molecule has 0 aromatic heterocycles. The Hall–Kier alpha value is 0.707. The van der Waals surface area contributed by atoms with Crippen molar-refractivity contribution in [2.75, 3.05) is 5.75 Å². The van der Waals surface area contributed by atoms with Gasteiger partial charge in [0.05, 0.1) is 0 Å². The van der Waals surface area contributed by atoms with Gasteiger partial charge in [-0.25, -0.2) is 0 Å². The van der Waals surface area contributed by atoms with Crippen LogP contribution in [-0.2, 0) is 11.1 Å². The van der Waals surface area contributed by atoms with Crippen molar-refractivity contribution in [1.82, 2.24) is 0 Å². The molecule has 0 aliphatic heterocycles. The van der Waals surface area contributed by atoms with Gasteiger partial charge in [0.15, 0.2) is 0 Å². The summed E-state index contributed by atoms with van der Waals surface area (Å²) in [6.07, 6.45) is 12.5. The van der Waals surface area contributed by atoms with E-state index in [4.69, 9.17) is 0 Å². The zero-order chi connectivity index (χ0) is 11.4. The Morgan fingerprint density at radius 1 is 0.812 bits per heavy atom. The van der Waals surface area contributed by atoms with Crippen LogP contribution in [0.15, 0.2) is 0 Å². The molecule has 0 radical (unpaired) electrons. The van der Waals surface area contributed by atoms with Gasteiger partial charge in [-0.15, -0.1) is 0 Å². The van der Waals surface area contributed by atoms with Crippen LogP contribution in [0.4, 0.5) is 0 Å². The number of hydrogen-bond acceptors (Lipinski definition) is 2. The van der Waals surface area contributed by atoms with Crippen molar-refractivity contribution in [1.29, 1.82) is 0 Å². The smallest absolute Gasteiger partial charge is 0.772 e. The minimum absolute atomic E-state index is 0. The van der Waals surface area contributed by atoms with Crippen molar-refractivity contribution in [2.24, 2.45) is 0 Å². The molecule has 0 saturated heterocycles. The molecule has 0 aromatic carbocycles. The van der Waals surface area contributed by atoms with E-state index in [1.54, 1.807) is 0 Å². The first-order chi connectivity index (χ1) is 7.27. The third kappa shape index (κ3) is 17.1. The van der Waals surface area contributed by atoms with Crippen LogP contribution in [0.3, 0.4) is 0 Å². The average Bonchev–Trinajstić information content (AvgIpc) is 2.20. The predicted molar refractivity (Wildman–Crippen MR) is 65.6 cm³/mol. The zero-order valence-electron chi connectivity index (χ0n) is 11.0. The molecule has 0 amide bonds. The van der Waals surface area contributed by atoms with E-state index in [-0.39, 0.29) is 18.9 Å². The molecule has 0 rings (SSSR count). The van der Waals surface area contributed by atoms with Crippen LogP contribution in [0, 0.1) is 0 Å². The fourth-order valence-corrected chi connectivity index (χ4v) is 2.15. The van der Waals surface area contributed by atoms with Crippen molar-refractivity contribution in [3.8, 4) is 0 Å². The van der Waals surface area contributed by atoms with E-state index in [0.29, 0.717) is 5.75 Å². The van der Waals surface area contributed by atoms with Crippen LogP contribution in [0.25, 0.3) is 0 Å². The van der Waals surface area contributed by atoms with E-state index < -0.39 is 11.1 Å². The second kappa shape index (κ2) is 15.7. The van der Waals surface area contributed by atoms with Gasteiger partial charge in [-0.2, -0.15) is 0 Å². The van der Waals surface area contributed by atoms with Gasteiger partial charge in [0.2, 0.25) is 0 Å². The van der Waals surface area contributed by atoms with Gasteiger partial charge in [-0.3, -0.25) is 4.21 Å². The molecule has 0 spiro atoms. The Labute approximate surface area is 115 Å². The van der Waals surface area contributed by atoms with Crippen LogP contribution in [0.2, 0.25) is 0 Å². The molecule has 0 aliphatic carbocycles. The largest absolute Gasteiger partial charge is 1.00 e. The van der Waals surface area contributed by atoms with E-state index >= 15 is 0 Å². The Bertz CT molecular complexity index is 154. The van der Waals surface area contributed by atoms with Crippen molar-refractivity contribution >= 4 is 11.1 Å². The van der Waals surface area contributed by atoms with Gasteiger partial charge in [-0.05, 0) is 6.42 Å². The fourth-order valence-electron chi connectivity index (χ4n) is 1.71. The summed E-state index contributed by atoms with van der Waals surface area (Å²) in [5.74, 6) is 0.344. The van der Waals surface area contributed by atoms with Gasteiger partial charge < -0.3 is 4.55 Å². The van der Waals surface area contributed by atoms with Crippen LogP contribution in [0.1, 0.15) is 71.1 Å². The summed E-state index contributed by atoms with van der Waals surface area (Å²) in [5, 5.41) is 0. The molecule has 0 aromatic rings. The molecular weight excluding hydrogens is 215 g/mol. The van der Waals surface area contributed by atoms with Gasteiger partial charge in [0.1, 0.15) is 0 Å². The van der Waals surface area contributed by atoms with E-state index in [1.807, 2.05) is 0 Å². The number of hydrogen-bond donors (Lipinski definition) is 0. The topological polar surface area (TPSA) is 40.1 Å². The summed E-state index contributed by atoms with van der Waals surface area (Å²) in [7, 11) is 0. The second-order valence-corrected chi connectivity index (χ2v) is 5.21. The molecule has 4 heteroatoms. The predicted octanol–water partition coefficient (Wildman–Crippen LogP) is 0.790. The summed E-state index contributed by atoms with van der Waals surface area (Å²) in [5.41, 5.74) is 0. The number of unbranched alkanes of at least 4 members (excludes halogenated alkanes) is 9. The Balaban J connectivity index is 0. The fraction of sp³-hybridized carbons (Fsp3) is 1.00. The maximum atomic E-state index is 10.2.